The molecule has 0 bridgehead atoms. The summed E-state index contributed by atoms with van der Waals surface area (Å²) in [4.78, 5) is 0.0900. The van der Waals surface area contributed by atoms with Gasteiger partial charge in [0.1, 0.15) is 11.6 Å². The average molecular weight is 307 g/mol. The third kappa shape index (κ3) is 4.83. The van der Waals surface area contributed by atoms with Crippen LogP contribution in [0.4, 0.5) is 8.78 Å². The number of thioether (sulfide) groups is 1. The summed E-state index contributed by atoms with van der Waals surface area (Å²) in [5.41, 5.74) is 1.68. The van der Waals surface area contributed by atoms with Crippen molar-refractivity contribution in [3.05, 3.63) is 65.2 Å². The molecule has 1 N–H and O–H groups in total. The van der Waals surface area contributed by atoms with Crippen molar-refractivity contribution in [3.8, 4) is 0 Å². The Labute approximate surface area is 128 Å². The first-order valence-electron chi connectivity index (χ1n) is 6.94. The molecule has 0 saturated heterocycles. The summed E-state index contributed by atoms with van der Waals surface area (Å²) >= 11 is 1.19. The van der Waals surface area contributed by atoms with Crippen LogP contribution < -0.4 is 5.32 Å². The van der Waals surface area contributed by atoms with Gasteiger partial charge in [-0.2, -0.15) is 0 Å². The van der Waals surface area contributed by atoms with E-state index in [1.807, 2.05) is 44.2 Å². The summed E-state index contributed by atoms with van der Waals surface area (Å²) in [7, 11) is 0. The highest BCUT2D eigenvalue weighted by atomic mass is 32.2. The fourth-order valence-corrected chi connectivity index (χ4v) is 2.80. The minimum atomic E-state index is -0.489. The highest BCUT2D eigenvalue weighted by molar-refractivity contribution is 7.98. The fourth-order valence-electron chi connectivity index (χ4n) is 1.90. The minimum absolute atomic E-state index is 0.0900. The third-order valence-electron chi connectivity index (χ3n) is 3.00. The molecule has 21 heavy (non-hydrogen) atoms. The van der Waals surface area contributed by atoms with Crippen LogP contribution in [0.3, 0.4) is 0 Å². The maximum absolute atomic E-state index is 14.0. The quantitative estimate of drug-likeness (QED) is 0.773. The molecule has 2 aromatic rings. The van der Waals surface area contributed by atoms with Gasteiger partial charge in [0.05, 0.1) is 4.90 Å². The van der Waals surface area contributed by atoms with Gasteiger partial charge < -0.3 is 5.32 Å². The second kappa shape index (κ2) is 7.57. The number of rotatable bonds is 6. The summed E-state index contributed by atoms with van der Waals surface area (Å²) in [5.74, 6) is -0.425. The molecular formula is C17H19F2NS. The Morgan fingerprint density at radius 1 is 1.00 bits per heavy atom. The standard InChI is InChI=1S/C17H19F2NS/c1-12(2)20-10-14-8-15(18)17(16(19)9-14)21-11-13-6-4-3-5-7-13/h3-9,12,20H,10-11H2,1-2H3. The first-order chi connectivity index (χ1) is 10.1. The van der Waals surface area contributed by atoms with Gasteiger partial charge in [-0.25, -0.2) is 8.78 Å². The van der Waals surface area contributed by atoms with Crippen LogP contribution in [0.25, 0.3) is 0 Å². The molecule has 0 aliphatic carbocycles. The van der Waals surface area contributed by atoms with E-state index >= 15 is 0 Å². The van der Waals surface area contributed by atoms with Crippen molar-refractivity contribution in [2.75, 3.05) is 0 Å². The molecule has 2 aromatic carbocycles. The van der Waals surface area contributed by atoms with Gasteiger partial charge in [-0.3, -0.25) is 0 Å². The number of benzene rings is 2. The van der Waals surface area contributed by atoms with Gasteiger partial charge in [0.25, 0.3) is 0 Å². The maximum Gasteiger partial charge on any atom is 0.140 e. The lowest BCUT2D eigenvalue weighted by molar-refractivity contribution is 0.529. The molecule has 0 unspecified atom stereocenters. The fraction of sp³-hybridized carbons (Fsp3) is 0.294. The predicted molar refractivity (Wildman–Crippen MR) is 84.3 cm³/mol. The van der Waals surface area contributed by atoms with Gasteiger partial charge in [-0.05, 0) is 23.3 Å². The van der Waals surface area contributed by atoms with Crippen molar-refractivity contribution in [1.82, 2.24) is 5.32 Å². The van der Waals surface area contributed by atoms with Gasteiger partial charge in [-0.15, -0.1) is 11.8 Å². The summed E-state index contributed by atoms with van der Waals surface area (Å²) in [5, 5.41) is 3.15. The third-order valence-corrected chi connectivity index (χ3v) is 4.15. The molecule has 0 heterocycles. The lowest BCUT2D eigenvalue weighted by Gasteiger charge is -2.11. The number of hydrogen-bond donors (Lipinski definition) is 1. The first kappa shape index (κ1) is 16.0. The highest BCUT2D eigenvalue weighted by Gasteiger charge is 2.12. The van der Waals surface area contributed by atoms with Gasteiger partial charge in [0, 0.05) is 18.3 Å². The Morgan fingerprint density at radius 3 is 2.19 bits per heavy atom. The normalized spacial score (nSPS) is 11.1. The second-order valence-corrected chi connectivity index (χ2v) is 6.18. The van der Waals surface area contributed by atoms with Crippen LogP contribution in [0.2, 0.25) is 0 Å². The van der Waals surface area contributed by atoms with Crippen LogP contribution in [0, 0.1) is 11.6 Å². The molecule has 0 spiro atoms. The van der Waals surface area contributed by atoms with Crippen molar-refractivity contribution in [2.24, 2.45) is 0 Å². The van der Waals surface area contributed by atoms with Crippen molar-refractivity contribution in [1.29, 1.82) is 0 Å². The molecule has 0 saturated carbocycles. The maximum atomic E-state index is 14.0. The smallest absolute Gasteiger partial charge is 0.140 e. The molecule has 1 nitrogen and oxygen atoms in total. The predicted octanol–water partition coefficient (Wildman–Crippen LogP) is 4.76. The molecule has 112 valence electrons. The SMILES string of the molecule is CC(C)NCc1cc(F)c(SCc2ccccc2)c(F)c1. The molecule has 0 aliphatic heterocycles. The lowest BCUT2D eigenvalue weighted by Crippen LogP contribution is -2.22. The van der Waals surface area contributed by atoms with Crippen molar-refractivity contribution < 1.29 is 8.78 Å². The minimum Gasteiger partial charge on any atom is -0.310 e. The van der Waals surface area contributed by atoms with E-state index in [1.54, 1.807) is 0 Å². The van der Waals surface area contributed by atoms with E-state index < -0.39 is 11.6 Å². The van der Waals surface area contributed by atoms with Crippen LogP contribution >= 0.6 is 11.8 Å². The topological polar surface area (TPSA) is 12.0 Å². The molecule has 0 radical (unpaired) electrons. The molecule has 0 aromatic heterocycles. The summed E-state index contributed by atoms with van der Waals surface area (Å²) in [6, 6.07) is 12.8. The Morgan fingerprint density at radius 2 is 1.62 bits per heavy atom. The number of hydrogen-bond acceptors (Lipinski definition) is 2. The van der Waals surface area contributed by atoms with E-state index in [4.69, 9.17) is 0 Å². The van der Waals surface area contributed by atoms with E-state index in [-0.39, 0.29) is 10.9 Å². The first-order valence-corrected chi connectivity index (χ1v) is 7.93. The largest absolute Gasteiger partial charge is 0.310 e. The van der Waals surface area contributed by atoms with E-state index in [0.29, 0.717) is 17.9 Å². The molecule has 4 heteroatoms. The van der Waals surface area contributed by atoms with Crippen molar-refractivity contribution >= 4 is 11.8 Å². The molecule has 0 atom stereocenters. The highest BCUT2D eigenvalue weighted by Crippen LogP contribution is 2.29. The summed E-state index contributed by atoms with van der Waals surface area (Å²) in [6.07, 6.45) is 0. The van der Waals surface area contributed by atoms with E-state index in [1.165, 1.54) is 23.9 Å². The molecule has 0 amide bonds. The zero-order valence-corrected chi connectivity index (χ0v) is 13.0. The van der Waals surface area contributed by atoms with Crippen LogP contribution in [0.15, 0.2) is 47.4 Å². The second-order valence-electron chi connectivity index (χ2n) is 5.20. The monoisotopic (exact) mass is 307 g/mol. The van der Waals surface area contributed by atoms with Gasteiger partial charge in [0.15, 0.2) is 0 Å². The molecule has 2 rings (SSSR count). The van der Waals surface area contributed by atoms with Crippen molar-refractivity contribution in [3.63, 3.8) is 0 Å². The van der Waals surface area contributed by atoms with Gasteiger partial charge in [0.2, 0.25) is 0 Å². The summed E-state index contributed by atoms with van der Waals surface area (Å²) < 4.78 is 28.1. The Hall–Kier alpha value is -1.39. The van der Waals surface area contributed by atoms with Gasteiger partial charge >= 0.3 is 0 Å². The molecule has 0 fully saturated rings. The average Bonchev–Trinajstić information content (AvgIpc) is 2.45. The Kier molecular flexibility index (Phi) is 5.76. The van der Waals surface area contributed by atoms with Crippen LogP contribution in [-0.4, -0.2) is 6.04 Å². The molecule has 0 aliphatic rings. The van der Waals surface area contributed by atoms with Gasteiger partial charge in [-0.1, -0.05) is 44.2 Å². The van der Waals surface area contributed by atoms with E-state index in [9.17, 15) is 8.78 Å². The van der Waals surface area contributed by atoms with E-state index in [2.05, 4.69) is 5.32 Å². The van der Waals surface area contributed by atoms with Crippen LogP contribution in [-0.2, 0) is 12.3 Å². The zero-order valence-electron chi connectivity index (χ0n) is 12.2. The Balaban J connectivity index is 2.06. The summed E-state index contributed by atoms with van der Waals surface area (Å²) in [6.45, 7) is 4.46. The van der Waals surface area contributed by atoms with Crippen LogP contribution in [0.5, 0.6) is 0 Å². The van der Waals surface area contributed by atoms with Crippen LogP contribution in [0.1, 0.15) is 25.0 Å². The molecular weight excluding hydrogens is 288 g/mol. The van der Waals surface area contributed by atoms with E-state index in [0.717, 1.165) is 5.56 Å². The lowest BCUT2D eigenvalue weighted by atomic mass is 10.2. The Bertz CT molecular complexity index is 562. The zero-order chi connectivity index (χ0) is 15.2. The number of nitrogens with one attached hydrogen (secondary N) is 1. The van der Waals surface area contributed by atoms with Crippen molar-refractivity contribution in [2.45, 2.75) is 37.1 Å². The number of halogens is 2.